The lowest BCUT2D eigenvalue weighted by molar-refractivity contribution is 0.114. The Hall–Kier alpha value is -3.23. The van der Waals surface area contributed by atoms with Gasteiger partial charge in [-0.15, -0.1) is 0 Å². The highest BCUT2D eigenvalue weighted by Crippen LogP contribution is 2.42. The van der Waals surface area contributed by atoms with Crippen LogP contribution in [0.1, 0.15) is 43.1 Å². The van der Waals surface area contributed by atoms with E-state index in [4.69, 9.17) is 25.1 Å². The van der Waals surface area contributed by atoms with Gasteiger partial charge in [-0.2, -0.15) is 0 Å². The number of nitrogens with zero attached hydrogens (tertiary/aromatic N) is 2. The number of piperidine rings is 1. The topological polar surface area (TPSA) is 97.6 Å². The molecule has 3 aromatic rings. The predicted molar refractivity (Wildman–Crippen MR) is 135 cm³/mol. The van der Waals surface area contributed by atoms with Crippen LogP contribution in [0.3, 0.4) is 0 Å². The number of likely N-dealkylation sites (tertiary alicyclic amines) is 1. The maximum atomic E-state index is 14.5. The molecular weight excluding hydrogens is 447 g/mol. The van der Waals surface area contributed by atoms with Crippen molar-refractivity contribution in [3.05, 3.63) is 65.2 Å². The summed E-state index contributed by atoms with van der Waals surface area (Å²) in [5.74, 6) is 0.109. The number of rotatable bonds is 8. The van der Waals surface area contributed by atoms with Crippen molar-refractivity contribution < 1.29 is 18.4 Å². The van der Waals surface area contributed by atoms with Crippen LogP contribution in [0.5, 0.6) is 5.75 Å². The van der Waals surface area contributed by atoms with Gasteiger partial charge in [0, 0.05) is 42.6 Å². The number of hydrogen-bond donors (Lipinski definition) is 2. The molecule has 186 valence electrons. The third-order valence-corrected chi connectivity index (χ3v) is 6.70. The second-order valence-corrected chi connectivity index (χ2v) is 9.85. The van der Waals surface area contributed by atoms with Crippen molar-refractivity contribution in [2.75, 3.05) is 46.2 Å². The summed E-state index contributed by atoms with van der Waals surface area (Å²) in [6.45, 7) is 7.33. The van der Waals surface area contributed by atoms with Gasteiger partial charge in [0.1, 0.15) is 18.0 Å². The average molecular weight is 481 g/mol. The molecule has 0 bridgehead atoms. The Morgan fingerprint density at radius 1 is 1.23 bits per heavy atom. The van der Waals surface area contributed by atoms with Crippen molar-refractivity contribution in [1.29, 1.82) is 5.41 Å². The summed E-state index contributed by atoms with van der Waals surface area (Å²) in [6, 6.07) is 12.6. The summed E-state index contributed by atoms with van der Waals surface area (Å²) >= 11 is 0. The number of aromatic nitrogens is 1. The molecule has 0 spiro atoms. The maximum Gasteiger partial charge on any atom is 0.185 e. The van der Waals surface area contributed by atoms with E-state index in [1.807, 2.05) is 12.1 Å². The van der Waals surface area contributed by atoms with Crippen molar-refractivity contribution in [2.24, 2.45) is 5.41 Å². The van der Waals surface area contributed by atoms with E-state index in [1.54, 1.807) is 6.07 Å². The van der Waals surface area contributed by atoms with Crippen LogP contribution < -0.4 is 10.5 Å². The van der Waals surface area contributed by atoms with Gasteiger partial charge in [0.25, 0.3) is 0 Å². The number of ether oxygens (including phenoxy) is 2. The lowest BCUT2D eigenvalue weighted by atomic mass is 9.70. The van der Waals surface area contributed by atoms with Gasteiger partial charge >= 0.3 is 0 Å². The van der Waals surface area contributed by atoms with Crippen molar-refractivity contribution >= 4 is 11.4 Å². The SMILES string of the molecule is COCCOc1cc(N)c(C(=N)c2cc(-c3ccc(C4CCN(C)CC4(C)C)cc3)no2)cc1F. The number of hydrogen-bond acceptors (Lipinski definition) is 7. The molecule has 1 atom stereocenters. The van der Waals surface area contributed by atoms with E-state index in [-0.39, 0.29) is 40.5 Å². The predicted octanol–water partition coefficient (Wildman–Crippen LogP) is 4.95. The molecule has 1 unspecified atom stereocenters. The highest BCUT2D eigenvalue weighted by atomic mass is 19.1. The van der Waals surface area contributed by atoms with Crippen LogP contribution >= 0.6 is 0 Å². The lowest BCUT2D eigenvalue weighted by Crippen LogP contribution is -2.42. The van der Waals surface area contributed by atoms with Gasteiger partial charge in [-0.25, -0.2) is 4.39 Å². The van der Waals surface area contributed by atoms with Crippen molar-refractivity contribution in [2.45, 2.75) is 26.2 Å². The number of anilines is 1. The Bertz CT molecular complexity index is 1190. The summed E-state index contributed by atoms with van der Waals surface area (Å²) in [6.07, 6.45) is 1.13. The third-order valence-electron chi connectivity index (χ3n) is 6.70. The Kier molecular flexibility index (Phi) is 7.23. The van der Waals surface area contributed by atoms with E-state index in [2.05, 4.69) is 43.1 Å². The molecule has 7 nitrogen and oxygen atoms in total. The fourth-order valence-corrected chi connectivity index (χ4v) is 4.92. The second kappa shape index (κ2) is 10.2. The van der Waals surface area contributed by atoms with Gasteiger partial charge in [-0.1, -0.05) is 43.3 Å². The van der Waals surface area contributed by atoms with Gasteiger partial charge in [-0.3, -0.25) is 5.41 Å². The first-order valence-electron chi connectivity index (χ1n) is 11.7. The maximum absolute atomic E-state index is 14.5. The van der Waals surface area contributed by atoms with E-state index < -0.39 is 5.82 Å². The number of nitrogen functional groups attached to an aromatic ring is 1. The van der Waals surface area contributed by atoms with Crippen LogP contribution in [-0.2, 0) is 4.74 Å². The van der Waals surface area contributed by atoms with E-state index in [9.17, 15) is 4.39 Å². The Labute approximate surface area is 205 Å². The van der Waals surface area contributed by atoms with Crippen LogP contribution in [-0.4, -0.2) is 56.2 Å². The van der Waals surface area contributed by atoms with E-state index in [0.717, 1.165) is 25.1 Å². The zero-order chi connectivity index (χ0) is 25.2. The van der Waals surface area contributed by atoms with Crippen LogP contribution in [0.15, 0.2) is 47.0 Å². The lowest BCUT2D eigenvalue weighted by Gasteiger charge is -2.43. The molecule has 0 radical (unpaired) electrons. The number of halogens is 1. The van der Waals surface area contributed by atoms with Crippen LogP contribution in [0.2, 0.25) is 0 Å². The zero-order valence-electron chi connectivity index (χ0n) is 20.7. The average Bonchev–Trinajstić information content (AvgIpc) is 3.31. The minimum Gasteiger partial charge on any atom is -0.488 e. The smallest absolute Gasteiger partial charge is 0.185 e. The Balaban J connectivity index is 1.50. The molecule has 8 heteroatoms. The highest BCUT2D eigenvalue weighted by molar-refractivity contribution is 6.12. The Morgan fingerprint density at radius 2 is 1.97 bits per heavy atom. The summed E-state index contributed by atoms with van der Waals surface area (Å²) in [4.78, 5) is 2.39. The molecule has 1 fully saturated rings. The van der Waals surface area contributed by atoms with Crippen LogP contribution in [0.25, 0.3) is 11.3 Å². The van der Waals surface area contributed by atoms with E-state index in [1.165, 1.54) is 24.8 Å². The first-order chi connectivity index (χ1) is 16.7. The fraction of sp³-hybridized carbons (Fsp3) is 0.407. The molecule has 0 amide bonds. The van der Waals surface area contributed by atoms with Crippen molar-refractivity contribution in [3.8, 4) is 17.0 Å². The molecule has 2 heterocycles. The van der Waals surface area contributed by atoms with Crippen molar-refractivity contribution in [3.63, 3.8) is 0 Å². The quantitative estimate of drug-likeness (QED) is 0.269. The van der Waals surface area contributed by atoms with Crippen LogP contribution in [0.4, 0.5) is 10.1 Å². The number of methoxy groups -OCH3 is 1. The summed E-state index contributed by atoms with van der Waals surface area (Å²) in [5.41, 5.74) is 9.48. The number of nitrogens with two attached hydrogens (primary N) is 1. The molecule has 1 saturated heterocycles. The van der Waals surface area contributed by atoms with Crippen molar-refractivity contribution in [1.82, 2.24) is 10.1 Å². The first-order valence-corrected chi connectivity index (χ1v) is 11.7. The minimum atomic E-state index is -0.609. The zero-order valence-corrected chi connectivity index (χ0v) is 20.7. The van der Waals surface area contributed by atoms with Gasteiger partial charge in [0.05, 0.1) is 6.61 Å². The number of nitrogens with one attached hydrogen (secondary N) is 1. The highest BCUT2D eigenvalue weighted by Gasteiger charge is 2.35. The molecule has 0 aliphatic carbocycles. The molecule has 3 N–H and O–H groups in total. The minimum absolute atomic E-state index is 0.0160. The fourth-order valence-electron chi connectivity index (χ4n) is 4.92. The largest absolute Gasteiger partial charge is 0.488 e. The molecule has 0 saturated carbocycles. The summed E-state index contributed by atoms with van der Waals surface area (Å²) < 4.78 is 30.2. The second-order valence-electron chi connectivity index (χ2n) is 9.85. The standard InChI is InChI=1S/C27H33FN4O3/c1-27(2)16-32(3)10-9-20(27)17-5-7-18(8-6-17)23-15-25(35-31-23)26(30)19-13-21(28)24(14-22(19)29)34-12-11-33-4/h5-8,13-15,20,30H,9-12,16,29H2,1-4H3. The third kappa shape index (κ3) is 5.39. The molecular formula is C27H33FN4O3. The Morgan fingerprint density at radius 3 is 2.66 bits per heavy atom. The van der Waals surface area contributed by atoms with E-state index >= 15 is 0 Å². The molecule has 2 aromatic carbocycles. The van der Waals surface area contributed by atoms with Gasteiger partial charge < -0.3 is 24.6 Å². The molecule has 35 heavy (non-hydrogen) atoms. The van der Waals surface area contributed by atoms with E-state index in [0.29, 0.717) is 18.2 Å². The molecule has 1 aromatic heterocycles. The molecule has 1 aliphatic heterocycles. The summed E-state index contributed by atoms with van der Waals surface area (Å²) in [5, 5.41) is 12.6. The molecule has 1 aliphatic rings. The van der Waals surface area contributed by atoms with Gasteiger partial charge in [0.15, 0.2) is 17.3 Å². The normalized spacial score (nSPS) is 17.9. The first kappa shape index (κ1) is 24.9. The van der Waals surface area contributed by atoms with Gasteiger partial charge in [0.2, 0.25) is 0 Å². The molecule has 4 rings (SSSR count). The van der Waals surface area contributed by atoms with Gasteiger partial charge in [-0.05, 0) is 43.0 Å². The van der Waals surface area contributed by atoms with Crippen LogP contribution in [0, 0.1) is 16.6 Å². The summed E-state index contributed by atoms with van der Waals surface area (Å²) in [7, 11) is 3.71. The number of benzene rings is 2. The monoisotopic (exact) mass is 480 g/mol.